The quantitative estimate of drug-likeness (QED) is 0.314. The molecule has 2 saturated carbocycles. The van der Waals surface area contributed by atoms with E-state index < -0.39 is 79.7 Å². The summed E-state index contributed by atoms with van der Waals surface area (Å²) < 4.78 is 39.3. The lowest BCUT2D eigenvalue weighted by Gasteiger charge is -2.36. The van der Waals surface area contributed by atoms with Crippen LogP contribution in [0.1, 0.15) is 72.8 Å². The molecule has 2 aromatic rings. The predicted molar refractivity (Wildman–Crippen MR) is 183 cm³/mol. The van der Waals surface area contributed by atoms with Crippen molar-refractivity contribution in [1.29, 1.82) is 0 Å². The van der Waals surface area contributed by atoms with Crippen LogP contribution in [-0.4, -0.2) is 83.2 Å². The van der Waals surface area contributed by atoms with Gasteiger partial charge in [-0.1, -0.05) is 44.5 Å². The molecule has 1 aliphatic heterocycles. The minimum absolute atomic E-state index is 0.0243. The number of aromatic nitrogens is 1. The van der Waals surface area contributed by atoms with Gasteiger partial charge in [0.25, 0.3) is 5.91 Å². The third kappa shape index (κ3) is 8.00. The van der Waals surface area contributed by atoms with Crippen LogP contribution in [0.3, 0.4) is 0 Å². The summed E-state index contributed by atoms with van der Waals surface area (Å²) in [5, 5.41) is 6.53. The molecular weight excluding hydrogens is 650 g/mol. The molecule has 0 bridgehead atoms. The van der Waals surface area contributed by atoms with Crippen molar-refractivity contribution in [3.8, 4) is 5.88 Å². The SMILES string of the molecule is C=C[C@@H]1C[C@]1(NC(=O)[C@@H]1C[C@@H](Oc2nccc3ccc(C)cc23)CN1C(=O)[C@@H](NC(=O)OC(C)(C)C)C(C)(C)C)C(=O)NS(=O)(=O)C1CC1. The Hall–Kier alpha value is -4.20. The fraction of sp³-hybridized carbons (Fsp3) is 0.571. The summed E-state index contributed by atoms with van der Waals surface area (Å²) in [5.41, 5.74) is -2.16. The Balaban J connectivity index is 1.44. The van der Waals surface area contributed by atoms with Crippen molar-refractivity contribution in [3.05, 3.63) is 48.7 Å². The van der Waals surface area contributed by atoms with E-state index in [9.17, 15) is 27.6 Å². The third-order valence-electron chi connectivity index (χ3n) is 9.03. The number of likely N-dealkylation sites (tertiary alicyclic amines) is 1. The van der Waals surface area contributed by atoms with Gasteiger partial charge in [0.05, 0.1) is 11.8 Å². The molecule has 4 amide bonds. The highest BCUT2D eigenvalue weighted by atomic mass is 32.2. The number of pyridine rings is 1. The van der Waals surface area contributed by atoms with Gasteiger partial charge in [0.1, 0.15) is 29.3 Å². The predicted octanol–water partition coefficient (Wildman–Crippen LogP) is 3.50. The first-order chi connectivity index (χ1) is 22.7. The third-order valence-corrected chi connectivity index (χ3v) is 10.9. The molecule has 2 aliphatic carbocycles. The number of amides is 4. The van der Waals surface area contributed by atoms with Gasteiger partial charge in [-0.05, 0) is 69.9 Å². The number of aryl methyl sites for hydroxylation is 1. The van der Waals surface area contributed by atoms with Gasteiger partial charge in [0, 0.05) is 23.9 Å². The van der Waals surface area contributed by atoms with E-state index in [2.05, 4.69) is 26.9 Å². The fourth-order valence-corrected chi connectivity index (χ4v) is 7.51. The summed E-state index contributed by atoms with van der Waals surface area (Å²) >= 11 is 0. The molecule has 13 nitrogen and oxygen atoms in total. The Morgan fingerprint density at radius 1 is 1.10 bits per heavy atom. The molecule has 0 radical (unpaired) electrons. The summed E-state index contributed by atoms with van der Waals surface area (Å²) in [5.74, 6) is -2.21. The molecule has 14 heteroatoms. The number of rotatable bonds is 10. The number of nitrogens with zero attached hydrogens (tertiary/aromatic N) is 2. The largest absolute Gasteiger partial charge is 0.472 e. The van der Waals surface area contributed by atoms with E-state index in [4.69, 9.17) is 9.47 Å². The average molecular weight is 698 g/mol. The van der Waals surface area contributed by atoms with E-state index in [-0.39, 0.29) is 19.4 Å². The van der Waals surface area contributed by atoms with E-state index >= 15 is 0 Å². The van der Waals surface area contributed by atoms with E-state index in [1.807, 2.05) is 31.2 Å². The Bertz CT molecular complexity index is 1780. The van der Waals surface area contributed by atoms with Crippen LogP contribution in [0.25, 0.3) is 10.8 Å². The van der Waals surface area contributed by atoms with Crippen LogP contribution in [0, 0.1) is 18.3 Å². The van der Waals surface area contributed by atoms with Crippen molar-refractivity contribution in [2.75, 3.05) is 6.54 Å². The van der Waals surface area contributed by atoms with Crippen LogP contribution in [-0.2, 0) is 29.1 Å². The smallest absolute Gasteiger partial charge is 0.408 e. The lowest BCUT2D eigenvalue weighted by Crippen LogP contribution is -2.60. The molecule has 1 saturated heterocycles. The second kappa shape index (κ2) is 12.9. The second-order valence-electron chi connectivity index (χ2n) is 15.5. The van der Waals surface area contributed by atoms with Crippen molar-refractivity contribution >= 4 is 44.6 Å². The summed E-state index contributed by atoms with van der Waals surface area (Å²) in [6.07, 6.45) is 2.77. The van der Waals surface area contributed by atoms with Gasteiger partial charge in [-0.2, -0.15) is 0 Å². The zero-order valence-electron chi connectivity index (χ0n) is 29.2. The zero-order valence-corrected chi connectivity index (χ0v) is 30.0. The van der Waals surface area contributed by atoms with Crippen molar-refractivity contribution < 1.29 is 37.1 Å². The number of sulfonamides is 1. The van der Waals surface area contributed by atoms with Crippen LogP contribution < -0.4 is 20.1 Å². The summed E-state index contributed by atoms with van der Waals surface area (Å²) in [7, 11) is -3.89. The highest BCUT2D eigenvalue weighted by molar-refractivity contribution is 7.91. The van der Waals surface area contributed by atoms with Crippen LogP contribution in [0.2, 0.25) is 0 Å². The topological polar surface area (TPSA) is 173 Å². The standard InChI is InChI=1S/C35H47N5O8S/c1-9-22-18-35(22,31(43)39-49(45,46)24-12-13-24)38-28(41)26-17-23(47-29-25-16-20(2)10-11-21(25)14-15-36-29)19-40(26)30(42)27(33(3,4)5)37-32(44)48-34(6,7)8/h9-11,14-16,22-24,26-27H,1,12-13,17-19H2,2-8H3,(H,37,44)(H,38,41)(H,39,43)/t22-,23-,26+,27-,35-/m1/s1. The van der Waals surface area contributed by atoms with Crippen LogP contribution in [0.4, 0.5) is 4.79 Å². The van der Waals surface area contributed by atoms with E-state index in [1.165, 1.54) is 11.0 Å². The molecule has 2 heterocycles. The van der Waals surface area contributed by atoms with E-state index in [0.717, 1.165) is 16.3 Å². The number of hydrogen-bond donors (Lipinski definition) is 3. The molecule has 3 aliphatic rings. The molecule has 0 unspecified atom stereocenters. The van der Waals surface area contributed by atoms with Crippen molar-refractivity contribution in [3.63, 3.8) is 0 Å². The first kappa shape index (κ1) is 36.1. The van der Waals surface area contributed by atoms with E-state index in [1.54, 1.807) is 47.7 Å². The number of carbonyl (C=O) groups is 4. The molecule has 1 aromatic carbocycles. The number of alkyl carbamates (subject to hydrolysis) is 1. The first-order valence-corrected chi connectivity index (χ1v) is 18.1. The van der Waals surface area contributed by atoms with Gasteiger partial charge in [-0.3, -0.25) is 19.1 Å². The molecule has 3 fully saturated rings. The van der Waals surface area contributed by atoms with Gasteiger partial charge < -0.3 is 25.0 Å². The molecular formula is C35H47N5O8S. The Labute approximate surface area is 287 Å². The van der Waals surface area contributed by atoms with Crippen molar-refractivity contribution in [2.24, 2.45) is 11.3 Å². The maximum Gasteiger partial charge on any atom is 0.408 e. The molecule has 1 aromatic heterocycles. The molecule has 5 rings (SSSR count). The molecule has 0 spiro atoms. The van der Waals surface area contributed by atoms with Crippen molar-refractivity contribution in [1.82, 2.24) is 25.2 Å². The van der Waals surface area contributed by atoms with E-state index in [0.29, 0.717) is 18.7 Å². The number of fused-ring (bicyclic) bond motifs is 1. The van der Waals surface area contributed by atoms with Gasteiger partial charge in [0.15, 0.2) is 0 Å². The maximum atomic E-state index is 14.4. The second-order valence-corrected chi connectivity index (χ2v) is 17.4. The Morgan fingerprint density at radius 2 is 1.80 bits per heavy atom. The summed E-state index contributed by atoms with van der Waals surface area (Å²) in [6, 6.07) is 5.50. The summed E-state index contributed by atoms with van der Waals surface area (Å²) in [6.45, 7) is 16.2. The van der Waals surface area contributed by atoms with Crippen LogP contribution in [0.5, 0.6) is 5.88 Å². The number of ether oxygens (including phenoxy) is 2. The average Bonchev–Trinajstić information content (AvgIpc) is 3.91. The van der Waals surface area contributed by atoms with Gasteiger partial charge in [-0.15, -0.1) is 6.58 Å². The molecule has 266 valence electrons. The normalized spacial score (nSPS) is 24.5. The highest BCUT2D eigenvalue weighted by Gasteiger charge is 2.62. The highest BCUT2D eigenvalue weighted by Crippen LogP contribution is 2.45. The number of benzene rings is 1. The Kier molecular flexibility index (Phi) is 9.52. The van der Waals surface area contributed by atoms with Gasteiger partial charge in [-0.25, -0.2) is 18.2 Å². The van der Waals surface area contributed by atoms with Gasteiger partial charge in [0.2, 0.25) is 27.7 Å². The number of carbonyl (C=O) groups excluding carboxylic acids is 4. The minimum Gasteiger partial charge on any atom is -0.472 e. The van der Waals surface area contributed by atoms with Crippen LogP contribution >= 0.6 is 0 Å². The monoisotopic (exact) mass is 697 g/mol. The van der Waals surface area contributed by atoms with Crippen LogP contribution in [0.15, 0.2) is 43.1 Å². The molecule has 49 heavy (non-hydrogen) atoms. The fourth-order valence-electron chi connectivity index (χ4n) is 6.14. The first-order valence-electron chi connectivity index (χ1n) is 16.6. The lowest BCUT2D eigenvalue weighted by molar-refractivity contribution is -0.143. The number of hydrogen-bond acceptors (Lipinski definition) is 9. The molecule has 5 atom stereocenters. The maximum absolute atomic E-state index is 14.4. The van der Waals surface area contributed by atoms with Gasteiger partial charge >= 0.3 is 6.09 Å². The molecule has 3 N–H and O–H groups in total. The minimum atomic E-state index is -3.89. The lowest BCUT2D eigenvalue weighted by atomic mass is 9.85. The van der Waals surface area contributed by atoms with Crippen molar-refractivity contribution in [2.45, 2.75) is 109 Å². The number of nitrogens with one attached hydrogen (secondary N) is 3. The zero-order chi connectivity index (χ0) is 36.1. The summed E-state index contributed by atoms with van der Waals surface area (Å²) in [4.78, 5) is 60.7. The Morgan fingerprint density at radius 3 is 2.39 bits per heavy atom.